The summed E-state index contributed by atoms with van der Waals surface area (Å²) in [6.07, 6.45) is 2.65. The van der Waals surface area contributed by atoms with Crippen molar-refractivity contribution in [2.45, 2.75) is 33.5 Å². The molecule has 0 aromatic carbocycles. The molecule has 16 heavy (non-hydrogen) atoms. The van der Waals surface area contributed by atoms with Crippen molar-refractivity contribution in [2.24, 2.45) is 0 Å². The van der Waals surface area contributed by atoms with E-state index in [2.05, 4.69) is 0 Å². The Kier molecular flexibility index (Phi) is 3.37. The van der Waals surface area contributed by atoms with E-state index in [4.69, 9.17) is 14.2 Å². The molecule has 0 atom stereocenters. The fourth-order valence-corrected chi connectivity index (χ4v) is 1.25. The van der Waals surface area contributed by atoms with E-state index < -0.39 is 17.7 Å². The van der Waals surface area contributed by atoms with Crippen LogP contribution in [0.3, 0.4) is 0 Å². The molecule has 0 spiro atoms. The lowest BCUT2D eigenvalue weighted by atomic mass is 10.3. The summed E-state index contributed by atoms with van der Waals surface area (Å²) in [5, 5.41) is 0. The van der Waals surface area contributed by atoms with Crippen LogP contribution in [0, 0.1) is 0 Å². The molecule has 0 fully saturated rings. The average Bonchev–Trinajstić information content (AvgIpc) is 1.95. The van der Waals surface area contributed by atoms with Crippen molar-refractivity contribution in [3.8, 4) is 0 Å². The number of carbonyl (C=O) groups excluding carboxylic acids is 2. The molecule has 5 heteroatoms. The molecule has 1 heterocycles. The minimum absolute atomic E-state index is 0.306. The van der Waals surface area contributed by atoms with Crippen molar-refractivity contribution in [1.82, 2.24) is 0 Å². The normalized spacial score (nSPS) is 19.4. The lowest BCUT2D eigenvalue weighted by molar-refractivity contribution is -0.203. The van der Waals surface area contributed by atoms with Gasteiger partial charge in [0.05, 0.1) is 6.08 Å². The molecule has 0 bridgehead atoms. The van der Waals surface area contributed by atoms with Crippen molar-refractivity contribution in [3.63, 3.8) is 0 Å². The number of cyclic esters (lactones) is 1. The van der Waals surface area contributed by atoms with Crippen LogP contribution < -0.4 is 0 Å². The van der Waals surface area contributed by atoms with E-state index in [9.17, 15) is 9.59 Å². The highest BCUT2D eigenvalue weighted by atomic mass is 16.7. The Morgan fingerprint density at radius 3 is 2.50 bits per heavy atom. The van der Waals surface area contributed by atoms with Gasteiger partial charge in [-0.25, -0.2) is 4.79 Å². The third kappa shape index (κ3) is 3.76. The number of carbonyl (C=O) groups is 2. The maximum Gasteiger partial charge on any atom is 0.337 e. The topological polar surface area (TPSA) is 61.8 Å². The second-order valence-electron chi connectivity index (χ2n) is 3.82. The van der Waals surface area contributed by atoms with Gasteiger partial charge in [-0.15, -0.1) is 0 Å². The van der Waals surface area contributed by atoms with Crippen LogP contribution in [0.2, 0.25) is 0 Å². The smallest absolute Gasteiger partial charge is 0.337 e. The molecule has 0 aromatic heterocycles. The van der Waals surface area contributed by atoms with E-state index in [-0.39, 0.29) is 0 Å². The predicted molar refractivity (Wildman–Crippen MR) is 54.9 cm³/mol. The Morgan fingerprint density at radius 2 is 2.00 bits per heavy atom. The number of rotatable bonds is 2. The minimum atomic E-state index is -1.01. The second-order valence-corrected chi connectivity index (χ2v) is 3.82. The molecule has 0 saturated carbocycles. The van der Waals surface area contributed by atoms with E-state index in [1.54, 1.807) is 20.8 Å². The molecule has 0 aromatic rings. The Balaban J connectivity index is 2.81. The predicted octanol–water partition coefficient (Wildman–Crippen LogP) is 1.65. The molecule has 0 N–H and O–H groups in total. The number of ether oxygens (including phenoxy) is 3. The molecule has 1 aliphatic heterocycles. The summed E-state index contributed by atoms with van der Waals surface area (Å²) >= 11 is 0. The van der Waals surface area contributed by atoms with E-state index in [0.717, 1.165) is 0 Å². The second kappa shape index (κ2) is 4.38. The molecule has 0 amide bonds. The van der Waals surface area contributed by atoms with Crippen LogP contribution >= 0.6 is 0 Å². The fraction of sp³-hybridized carbons (Fsp3) is 0.455. The van der Waals surface area contributed by atoms with Crippen LogP contribution in [0.5, 0.6) is 0 Å². The van der Waals surface area contributed by atoms with Gasteiger partial charge in [0.15, 0.2) is 0 Å². The minimum Gasteiger partial charge on any atom is -0.452 e. The highest BCUT2D eigenvalue weighted by Gasteiger charge is 2.29. The first-order valence-electron chi connectivity index (χ1n) is 4.79. The van der Waals surface area contributed by atoms with E-state index in [1.807, 2.05) is 0 Å². The molecular weight excluding hydrogens is 212 g/mol. The van der Waals surface area contributed by atoms with E-state index >= 15 is 0 Å². The van der Waals surface area contributed by atoms with Crippen molar-refractivity contribution in [2.75, 3.05) is 0 Å². The first-order chi connectivity index (χ1) is 7.28. The van der Waals surface area contributed by atoms with Gasteiger partial charge in [0, 0.05) is 26.8 Å². The van der Waals surface area contributed by atoms with Gasteiger partial charge in [-0.05, 0) is 6.92 Å². The average molecular weight is 226 g/mol. The summed E-state index contributed by atoms with van der Waals surface area (Å²) in [7, 11) is 0. The van der Waals surface area contributed by atoms with Gasteiger partial charge in [-0.1, -0.05) is 0 Å². The lowest BCUT2D eigenvalue weighted by Crippen LogP contribution is -2.34. The monoisotopic (exact) mass is 226 g/mol. The van der Waals surface area contributed by atoms with Crippen molar-refractivity contribution in [3.05, 3.63) is 23.7 Å². The molecule has 88 valence electrons. The van der Waals surface area contributed by atoms with Gasteiger partial charge in [-0.3, -0.25) is 4.79 Å². The van der Waals surface area contributed by atoms with E-state index in [1.165, 1.54) is 19.1 Å². The molecular formula is C11H14O5. The van der Waals surface area contributed by atoms with Crippen molar-refractivity contribution in [1.29, 1.82) is 0 Å². The summed E-state index contributed by atoms with van der Waals surface area (Å²) in [5.41, 5.74) is 0. The molecule has 5 nitrogen and oxygen atoms in total. The largest absolute Gasteiger partial charge is 0.452 e. The number of hydrogen-bond donors (Lipinski definition) is 0. The molecule has 1 rings (SSSR count). The first kappa shape index (κ1) is 12.3. The highest BCUT2D eigenvalue weighted by molar-refractivity contribution is 5.84. The van der Waals surface area contributed by atoms with Crippen molar-refractivity contribution < 1.29 is 23.8 Å². The Bertz CT molecular complexity index is 376. The zero-order valence-corrected chi connectivity index (χ0v) is 9.70. The SMILES string of the molecule is CC(=O)O/C(C)=C\C1=CC(=O)OC(C)(C)O1. The van der Waals surface area contributed by atoms with Gasteiger partial charge >= 0.3 is 11.9 Å². The summed E-state index contributed by atoms with van der Waals surface area (Å²) < 4.78 is 15.0. The summed E-state index contributed by atoms with van der Waals surface area (Å²) in [4.78, 5) is 21.8. The zero-order chi connectivity index (χ0) is 12.3. The van der Waals surface area contributed by atoms with Crippen LogP contribution in [0.25, 0.3) is 0 Å². The molecule has 0 unspecified atom stereocenters. The fourth-order valence-electron chi connectivity index (χ4n) is 1.25. The quantitative estimate of drug-likeness (QED) is 0.529. The molecule has 0 aliphatic carbocycles. The summed E-state index contributed by atoms with van der Waals surface area (Å²) in [6, 6.07) is 0. The van der Waals surface area contributed by atoms with Crippen LogP contribution in [0.4, 0.5) is 0 Å². The molecule has 0 saturated heterocycles. The third-order valence-corrected chi connectivity index (χ3v) is 1.62. The maximum absolute atomic E-state index is 11.2. The summed E-state index contributed by atoms with van der Waals surface area (Å²) in [6.45, 7) is 6.13. The maximum atomic E-state index is 11.2. The van der Waals surface area contributed by atoms with Crippen LogP contribution in [0.15, 0.2) is 23.7 Å². The molecule has 0 radical (unpaired) electrons. The van der Waals surface area contributed by atoms with Gasteiger partial charge in [-0.2, -0.15) is 0 Å². The van der Waals surface area contributed by atoms with Gasteiger partial charge in [0.2, 0.25) is 5.79 Å². The standard InChI is InChI=1S/C11H14O5/c1-7(14-8(2)12)5-9-6-10(13)16-11(3,4)15-9/h5-6H,1-4H3/b7-5-. The molecule has 1 aliphatic rings. The Hall–Kier alpha value is -1.78. The highest BCUT2D eigenvalue weighted by Crippen LogP contribution is 2.23. The number of allylic oxidation sites excluding steroid dienone is 2. The Morgan fingerprint density at radius 1 is 1.38 bits per heavy atom. The van der Waals surface area contributed by atoms with Crippen molar-refractivity contribution >= 4 is 11.9 Å². The van der Waals surface area contributed by atoms with Crippen LogP contribution in [-0.2, 0) is 23.8 Å². The van der Waals surface area contributed by atoms with Gasteiger partial charge < -0.3 is 14.2 Å². The van der Waals surface area contributed by atoms with Crippen LogP contribution in [0.1, 0.15) is 27.7 Å². The summed E-state index contributed by atoms with van der Waals surface area (Å²) in [5.74, 6) is -1.26. The Labute approximate surface area is 93.7 Å². The zero-order valence-electron chi connectivity index (χ0n) is 9.70. The van der Waals surface area contributed by atoms with Gasteiger partial charge in [0.25, 0.3) is 0 Å². The van der Waals surface area contributed by atoms with Crippen LogP contribution in [-0.4, -0.2) is 17.7 Å². The number of esters is 2. The number of hydrogen-bond acceptors (Lipinski definition) is 5. The van der Waals surface area contributed by atoms with E-state index in [0.29, 0.717) is 11.5 Å². The lowest BCUT2D eigenvalue weighted by Gasteiger charge is -2.29. The third-order valence-electron chi connectivity index (χ3n) is 1.62. The van der Waals surface area contributed by atoms with Gasteiger partial charge in [0.1, 0.15) is 11.5 Å². The first-order valence-corrected chi connectivity index (χ1v) is 4.79.